The van der Waals surface area contributed by atoms with Gasteiger partial charge in [0.2, 0.25) is 5.91 Å². The monoisotopic (exact) mass is 661 g/mol. The van der Waals surface area contributed by atoms with E-state index in [0.717, 1.165) is 68.3 Å². The largest absolute Gasteiger partial charge is 0.297 e. The summed E-state index contributed by atoms with van der Waals surface area (Å²) >= 11 is 32.1. The molecule has 1 heterocycles. The van der Waals surface area contributed by atoms with Crippen LogP contribution in [0.5, 0.6) is 0 Å². The van der Waals surface area contributed by atoms with Gasteiger partial charge in [-0.25, -0.2) is 0 Å². The van der Waals surface area contributed by atoms with Gasteiger partial charge in [-0.05, 0) is 78.3 Å². The molecule has 220 valence electrons. The van der Waals surface area contributed by atoms with E-state index in [1.54, 1.807) is 41.3 Å². The number of Topliss-reactive ketones (excluding diaryl/α,β-unsaturated/α-hetero) is 1. The van der Waals surface area contributed by atoms with Gasteiger partial charge in [0.15, 0.2) is 5.78 Å². The Bertz CT molecular complexity index is 1530. The van der Waals surface area contributed by atoms with Crippen LogP contribution in [-0.2, 0) is 15.0 Å². The van der Waals surface area contributed by atoms with Crippen molar-refractivity contribution in [1.29, 1.82) is 0 Å². The Morgan fingerprint density at radius 3 is 1.95 bits per heavy atom. The fraction of sp³-hybridized carbons (Fsp3) is 0.412. The molecule has 3 aromatic rings. The number of carbonyl (C=O) groups excluding carboxylic acids is 2. The van der Waals surface area contributed by atoms with Gasteiger partial charge >= 0.3 is 0 Å². The lowest BCUT2D eigenvalue weighted by molar-refractivity contribution is -0.136. The van der Waals surface area contributed by atoms with Crippen molar-refractivity contribution in [1.82, 2.24) is 0 Å². The van der Waals surface area contributed by atoms with Gasteiger partial charge < -0.3 is 0 Å². The van der Waals surface area contributed by atoms with Gasteiger partial charge in [0.05, 0.1) is 31.5 Å². The average Bonchev–Trinajstić information content (AvgIpc) is 3.30. The number of carbonyl (C=O) groups is 2. The van der Waals surface area contributed by atoms with Gasteiger partial charge in [-0.3, -0.25) is 14.5 Å². The van der Waals surface area contributed by atoms with Crippen molar-refractivity contribution in [3.8, 4) is 0 Å². The lowest BCUT2D eigenvalue weighted by atomic mass is 9.64. The van der Waals surface area contributed by atoms with Crippen LogP contribution in [0.2, 0.25) is 25.1 Å². The highest BCUT2D eigenvalue weighted by atomic mass is 35.5. The molecule has 42 heavy (non-hydrogen) atoms. The fourth-order valence-electron chi connectivity index (χ4n) is 7.32. The van der Waals surface area contributed by atoms with Gasteiger partial charge in [-0.15, -0.1) is 0 Å². The predicted octanol–water partition coefficient (Wildman–Crippen LogP) is 11.4. The van der Waals surface area contributed by atoms with Crippen LogP contribution in [0.1, 0.15) is 81.3 Å². The van der Waals surface area contributed by atoms with E-state index in [1.807, 2.05) is 18.2 Å². The lowest BCUT2D eigenvalue weighted by Gasteiger charge is -2.38. The standard InChI is InChI=1S/C34H32Cl5NO2/c35-24-11-14-30-31(18-24)40(30)33(42)34(19-21-7-3-4-8-21,23-10-13-27(37)29(39)17-23)32(41)25(15-20-5-1-2-6-20)22-9-12-26(36)28(38)16-22/h9-14,16-18,20-21,25H,1-8,15,19H2. The summed E-state index contributed by atoms with van der Waals surface area (Å²) in [5.41, 5.74) is 1.40. The minimum atomic E-state index is -1.48. The number of rotatable bonds is 9. The Hall–Kier alpha value is -1.75. The minimum Gasteiger partial charge on any atom is -0.297 e. The molecule has 3 aliphatic rings. The number of hydrogen-bond donors (Lipinski definition) is 0. The van der Waals surface area contributed by atoms with Crippen LogP contribution in [0, 0.1) is 11.8 Å². The highest BCUT2D eigenvalue weighted by Gasteiger charge is 2.56. The third-order valence-electron chi connectivity index (χ3n) is 9.55. The number of benzene rings is 3. The van der Waals surface area contributed by atoms with E-state index in [-0.39, 0.29) is 17.6 Å². The first-order valence-corrected chi connectivity index (χ1v) is 16.7. The summed E-state index contributed by atoms with van der Waals surface area (Å²) in [6.45, 7) is 0. The van der Waals surface area contributed by atoms with Gasteiger partial charge in [0.25, 0.3) is 0 Å². The van der Waals surface area contributed by atoms with Crippen LogP contribution in [0.25, 0.3) is 0 Å². The molecule has 2 aliphatic carbocycles. The molecule has 2 unspecified atom stereocenters. The van der Waals surface area contributed by atoms with Crippen molar-refractivity contribution < 1.29 is 9.59 Å². The van der Waals surface area contributed by atoms with E-state index in [1.165, 1.54) is 0 Å². The zero-order valence-electron chi connectivity index (χ0n) is 23.2. The smallest absolute Gasteiger partial charge is 0.249 e. The normalized spacial score (nSPS) is 19.0. The second-order valence-corrected chi connectivity index (χ2v) is 14.2. The Morgan fingerprint density at radius 1 is 0.714 bits per heavy atom. The molecule has 2 saturated carbocycles. The van der Waals surface area contributed by atoms with E-state index in [2.05, 4.69) is 0 Å². The Balaban J connectivity index is 1.53. The molecule has 8 heteroatoms. The van der Waals surface area contributed by atoms with Crippen molar-refractivity contribution in [2.24, 2.45) is 11.8 Å². The van der Waals surface area contributed by atoms with Crippen LogP contribution in [0.4, 0.5) is 11.4 Å². The number of amides is 1. The minimum absolute atomic E-state index is 0.119. The van der Waals surface area contributed by atoms with E-state index in [0.29, 0.717) is 49.4 Å². The van der Waals surface area contributed by atoms with Crippen LogP contribution in [0.3, 0.4) is 0 Å². The van der Waals surface area contributed by atoms with Crippen LogP contribution in [0.15, 0.2) is 54.6 Å². The molecule has 0 spiro atoms. The first kappa shape index (κ1) is 30.3. The van der Waals surface area contributed by atoms with Crippen molar-refractivity contribution in [2.75, 3.05) is 4.90 Å². The Morgan fingerprint density at radius 2 is 1.33 bits per heavy atom. The van der Waals surface area contributed by atoms with Crippen LogP contribution in [-0.4, -0.2) is 11.7 Å². The zero-order chi connectivity index (χ0) is 29.6. The number of ketones is 1. The third-order valence-corrected chi connectivity index (χ3v) is 11.3. The molecule has 3 nitrogen and oxygen atoms in total. The maximum absolute atomic E-state index is 15.5. The molecule has 0 radical (unpaired) electrons. The molecule has 0 aromatic heterocycles. The molecule has 3 aromatic carbocycles. The third kappa shape index (κ3) is 5.73. The topological polar surface area (TPSA) is 37.1 Å². The summed E-state index contributed by atoms with van der Waals surface area (Å²) in [5, 5.41) is 2.07. The Labute approximate surface area is 272 Å². The van der Waals surface area contributed by atoms with Crippen molar-refractivity contribution in [3.63, 3.8) is 0 Å². The van der Waals surface area contributed by atoms with Gasteiger partial charge in [0, 0.05) is 10.9 Å². The maximum Gasteiger partial charge on any atom is 0.249 e. The van der Waals surface area contributed by atoms with Crippen molar-refractivity contribution in [2.45, 2.75) is 75.5 Å². The van der Waals surface area contributed by atoms with Gasteiger partial charge in [0.1, 0.15) is 5.41 Å². The van der Waals surface area contributed by atoms with E-state index in [9.17, 15) is 0 Å². The first-order chi connectivity index (χ1) is 20.2. The van der Waals surface area contributed by atoms with Gasteiger partial charge in [-0.1, -0.05) is 122 Å². The molecule has 0 bridgehead atoms. The molecule has 2 atom stereocenters. The molecular weight excluding hydrogens is 632 g/mol. The molecule has 6 rings (SSSR count). The highest BCUT2D eigenvalue weighted by molar-refractivity contribution is 6.42. The van der Waals surface area contributed by atoms with Crippen molar-refractivity contribution >= 4 is 81.1 Å². The summed E-state index contributed by atoms with van der Waals surface area (Å²) in [7, 11) is 0. The summed E-state index contributed by atoms with van der Waals surface area (Å²) in [6, 6.07) is 16.0. The second kappa shape index (κ2) is 12.3. The van der Waals surface area contributed by atoms with Crippen molar-refractivity contribution in [3.05, 3.63) is 90.8 Å². The second-order valence-electron chi connectivity index (χ2n) is 12.1. The number of halogens is 5. The predicted molar refractivity (Wildman–Crippen MR) is 174 cm³/mol. The average molecular weight is 664 g/mol. The summed E-state index contributed by atoms with van der Waals surface area (Å²) < 4.78 is 0. The summed E-state index contributed by atoms with van der Waals surface area (Å²) in [4.78, 5) is 32.2. The Kier molecular flexibility index (Phi) is 8.89. The fourth-order valence-corrected chi connectivity index (χ4v) is 8.09. The van der Waals surface area contributed by atoms with Crippen LogP contribution < -0.4 is 4.90 Å². The molecule has 2 fully saturated rings. The first-order valence-electron chi connectivity index (χ1n) is 14.8. The molecule has 1 amide bonds. The highest BCUT2D eigenvalue weighted by Crippen LogP contribution is 2.55. The number of fused-ring (bicyclic) bond motifs is 1. The molecular formula is C34H32Cl5NO2. The summed E-state index contributed by atoms with van der Waals surface area (Å²) in [6.07, 6.45) is 9.61. The SMILES string of the molecule is O=C(C(CC1CCCC1)c1ccc(Cl)c(Cl)c1)C(CC1CCCC1)(C(=O)N1c2ccc(Cl)cc21)c1ccc(Cl)c(Cl)c1. The quantitative estimate of drug-likeness (QED) is 0.169. The van der Waals surface area contributed by atoms with E-state index in [4.69, 9.17) is 58.0 Å². The maximum atomic E-state index is 15.5. The molecule has 0 N–H and O–H groups in total. The molecule has 0 saturated heterocycles. The van der Waals surface area contributed by atoms with E-state index < -0.39 is 11.3 Å². The number of nitrogens with zero attached hydrogens (tertiary/aromatic N) is 1. The van der Waals surface area contributed by atoms with E-state index >= 15 is 9.59 Å². The zero-order valence-corrected chi connectivity index (χ0v) is 26.9. The number of anilines is 2. The van der Waals surface area contributed by atoms with Crippen LogP contribution >= 0.6 is 58.0 Å². The number of hydrogen-bond acceptors (Lipinski definition) is 2. The lowest BCUT2D eigenvalue weighted by Crippen LogP contribution is -2.51. The summed E-state index contributed by atoms with van der Waals surface area (Å²) in [5.74, 6) is -0.313. The van der Waals surface area contributed by atoms with Gasteiger partial charge in [-0.2, -0.15) is 0 Å². The molecule has 1 aliphatic heterocycles.